The highest BCUT2D eigenvalue weighted by atomic mass is 79.9. The zero-order valence-electron chi connectivity index (χ0n) is 11.0. The maximum absolute atomic E-state index is 11.4. The van der Waals surface area contributed by atoms with Crippen molar-refractivity contribution in [2.45, 2.75) is 33.4 Å². The molecule has 0 saturated heterocycles. The van der Waals surface area contributed by atoms with Crippen molar-refractivity contribution < 1.29 is 4.79 Å². The summed E-state index contributed by atoms with van der Waals surface area (Å²) in [5.74, 6) is 4.83. The monoisotopic (exact) mass is 313 g/mol. The first kappa shape index (κ1) is 15.1. The summed E-state index contributed by atoms with van der Waals surface area (Å²) in [4.78, 5) is 13.7. The fourth-order valence-corrected chi connectivity index (χ4v) is 2.28. The third-order valence-corrected chi connectivity index (χ3v) is 3.69. The van der Waals surface area contributed by atoms with Crippen molar-refractivity contribution in [1.29, 1.82) is 0 Å². The molecule has 1 rings (SSSR count). The first-order chi connectivity index (χ1) is 8.49. The Morgan fingerprint density at radius 3 is 2.61 bits per heavy atom. The highest BCUT2D eigenvalue weighted by Crippen LogP contribution is 2.21. The predicted octanol–water partition coefficient (Wildman–Crippen LogP) is 2.28. The van der Waals surface area contributed by atoms with Gasteiger partial charge >= 0.3 is 0 Å². The van der Waals surface area contributed by atoms with Gasteiger partial charge in [0.1, 0.15) is 0 Å². The topological polar surface area (TPSA) is 58.4 Å². The van der Waals surface area contributed by atoms with E-state index in [9.17, 15) is 4.79 Å². The summed E-state index contributed by atoms with van der Waals surface area (Å²) in [7, 11) is 0. The minimum absolute atomic E-state index is 0.279. The molecule has 5 heteroatoms. The van der Waals surface area contributed by atoms with E-state index in [1.165, 1.54) is 5.56 Å². The number of hydrazine groups is 1. The second-order valence-corrected chi connectivity index (χ2v) is 5.29. The molecule has 0 aliphatic heterocycles. The number of amides is 1. The van der Waals surface area contributed by atoms with E-state index in [1.54, 1.807) is 12.1 Å². The molecule has 0 radical (unpaired) electrons. The van der Waals surface area contributed by atoms with Crippen molar-refractivity contribution in [1.82, 2.24) is 10.3 Å². The number of rotatable bonds is 5. The quantitative estimate of drug-likeness (QED) is 0.498. The average molecular weight is 314 g/mol. The SMILES string of the molecule is CCN(Cc1ccc(C(=O)NN)cc1Br)C(C)C. The Balaban J connectivity index is 2.89. The Morgan fingerprint density at radius 2 is 2.17 bits per heavy atom. The molecule has 3 N–H and O–H groups in total. The number of nitrogens with zero attached hydrogens (tertiary/aromatic N) is 1. The van der Waals surface area contributed by atoms with Crippen molar-refractivity contribution in [3.05, 3.63) is 33.8 Å². The standard InChI is InChI=1S/C13H20BrN3O/c1-4-17(9(2)3)8-11-6-5-10(7-12(11)14)13(18)16-15/h5-7,9H,4,8,15H2,1-3H3,(H,16,18). The Kier molecular flexibility index (Phi) is 5.78. The third-order valence-electron chi connectivity index (χ3n) is 2.96. The molecule has 1 aromatic carbocycles. The summed E-state index contributed by atoms with van der Waals surface area (Å²) in [5.41, 5.74) is 3.85. The van der Waals surface area contributed by atoms with Crippen LogP contribution in [0.1, 0.15) is 36.7 Å². The van der Waals surface area contributed by atoms with E-state index in [2.05, 4.69) is 47.0 Å². The second kappa shape index (κ2) is 6.87. The summed E-state index contributed by atoms with van der Waals surface area (Å²) in [6.45, 7) is 8.35. The van der Waals surface area contributed by atoms with E-state index in [0.29, 0.717) is 11.6 Å². The van der Waals surface area contributed by atoms with Crippen LogP contribution in [0.2, 0.25) is 0 Å². The number of hydrogen-bond acceptors (Lipinski definition) is 3. The molecule has 0 heterocycles. The Labute approximate surface area is 117 Å². The maximum Gasteiger partial charge on any atom is 0.265 e. The number of halogens is 1. The average Bonchev–Trinajstić information content (AvgIpc) is 2.35. The normalized spacial score (nSPS) is 11.1. The van der Waals surface area contributed by atoms with Crippen molar-refractivity contribution >= 4 is 21.8 Å². The van der Waals surface area contributed by atoms with Gasteiger partial charge in [-0.1, -0.05) is 28.9 Å². The van der Waals surface area contributed by atoms with Crippen molar-refractivity contribution in [2.75, 3.05) is 6.54 Å². The predicted molar refractivity (Wildman–Crippen MR) is 77.0 cm³/mol. The van der Waals surface area contributed by atoms with Crippen LogP contribution in [0.3, 0.4) is 0 Å². The Bertz CT molecular complexity index is 421. The molecule has 4 nitrogen and oxygen atoms in total. The van der Waals surface area contributed by atoms with Crippen LogP contribution in [-0.4, -0.2) is 23.4 Å². The van der Waals surface area contributed by atoms with Gasteiger partial charge in [0.15, 0.2) is 0 Å². The lowest BCUT2D eigenvalue weighted by Crippen LogP contribution is -2.31. The first-order valence-electron chi connectivity index (χ1n) is 6.03. The molecular weight excluding hydrogens is 294 g/mol. The van der Waals surface area contributed by atoms with Gasteiger partial charge in [0.25, 0.3) is 5.91 Å². The minimum Gasteiger partial charge on any atom is -0.297 e. The highest BCUT2D eigenvalue weighted by molar-refractivity contribution is 9.10. The van der Waals surface area contributed by atoms with Gasteiger partial charge in [-0.3, -0.25) is 15.1 Å². The van der Waals surface area contributed by atoms with Crippen LogP contribution in [0, 0.1) is 0 Å². The van der Waals surface area contributed by atoms with Crippen molar-refractivity contribution in [2.24, 2.45) is 5.84 Å². The van der Waals surface area contributed by atoms with Gasteiger partial charge in [0.2, 0.25) is 0 Å². The second-order valence-electron chi connectivity index (χ2n) is 4.44. The van der Waals surface area contributed by atoms with Gasteiger partial charge < -0.3 is 0 Å². The van der Waals surface area contributed by atoms with Crippen LogP contribution in [0.15, 0.2) is 22.7 Å². The highest BCUT2D eigenvalue weighted by Gasteiger charge is 2.11. The summed E-state index contributed by atoms with van der Waals surface area (Å²) in [6, 6.07) is 6.04. The van der Waals surface area contributed by atoms with Gasteiger partial charge in [-0.15, -0.1) is 0 Å². The molecule has 0 unspecified atom stereocenters. The van der Waals surface area contributed by atoms with Gasteiger partial charge in [0, 0.05) is 22.6 Å². The number of carbonyl (C=O) groups excluding carboxylic acids is 1. The minimum atomic E-state index is -0.279. The van der Waals surface area contributed by atoms with E-state index in [0.717, 1.165) is 17.6 Å². The fourth-order valence-electron chi connectivity index (χ4n) is 1.78. The van der Waals surface area contributed by atoms with Crippen LogP contribution in [-0.2, 0) is 6.54 Å². The van der Waals surface area contributed by atoms with Crippen molar-refractivity contribution in [3.8, 4) is 0 Å². The zero-order chi connectivity index (χ0) is 13.7. The lowest BCUT2D eigenvalue weighted by Gasteiger charge is -2.25. The summed E-state index contributed by atoms with van der Waals surface area (Å²) in [5, 5.41) is 0. The fraction of sp³-hybridized carbons (Fsp3) is 0.462. The third kappa shape index (κ3) is 3.80. The summed E-state index contributed by atoms with van der Waals surface area (Å²) in [6.07, 6.45) is 0. The maximum atomic E-state index is 11.4. The van der Waals surface area contributed by atoms with Crippen LogP contribution in [0.4, 0.5) is 0 Å². The van der Waals surface area contributed by atoms with E-state index in [4.69, 9.17) is 5.84 Å². The molecule has 0 fully saturated rings. The molecule has 1 amide bonds. The molecule has 0 atom stereocenters. The van der Waals surface area contributed by atoms with Gasteiger partial charge in [-0.2, -0.15) is 0 Å². The number of carbonyl (C=O) groups is 1. The van der Waals surface area contributed by atoms with E-state index in [1.807, 2.05) is 6.07 Å². The molecule has 0 saturated carbocycles. The largest absolute Gasteiger partial charge is 0.297 e. The van der Waals surface area contributed by atoms with Crippen LogP contribution in [0.25, 0.3) is 0 Å². The zero-order valence-corrected chi connectivity index (χ0v) is 12.6. The molecule has 0 bridgehead atoms. The van der Waals surface area contributed by atoms with E-state index in [-0.39, 0.29) is 5.91 Å². The number of hydrogen-bond donors (Lipinski definition) is 2. The molecule has 0 aromatic heterocycles. The van der Waals surface area contributed by atoms with E-state index < -0.39 is 0 Å². The van der Waals surface area contributed by atoms with E-state index >= 15 is 0 Å². The Hall–Kier alpha value is -0.910. The molecule has 0 aliphatic rings. The Morgan fingerprint density at radius 1 is 1.50 bits per heavy atom. The van der Waals surface area contributed by atoms with Gasteiger partial charge in [0.05, 0.1) is 0 Å². The smallest absolute Gasteiger partial charge is 0.265 e. The van der Waals surface area contributed by atoms with Crippen LogP contribution >= 0.6 is 15.9 Å². The molecule has 18 heavy (non-hydrogen) atoms. The summed E-state index contributed by atoms with van der Waals surface area (Å²) < 4.78 is 0.933. The lowest BCUT2D eigenvalue weighted by molar-refractivity contribution is 0.0953. The lowest BCUT2D eigenvalue weighted by atomic mass is 10.1. The van der Waals surface area contributed by atoms with Gasteiger partial charge in [-0.25, -0.2) is 5.84 Å². The summed E-state index contributed by atoms with van der Waals surface area (Å²) >= 11 is 3.50. The van der Waals surface area contributed by atoms with Gasteiger partial charge in [-0.05, 0) is 38.1 Å². The number of nitrogens with two attached hydrogens (primary N) is 1. The number of benzene rings is 1. The van der Waals surface area contributed by atoms with Crippen LogP contribution in [0.5, 0.6) is 0 Å². The molecular formula is C13H20BrN3O. The number of nitrogen functional groups attached to an aromatic ring is 1. The molecule has 0 spiro atoms. The molecule has 0 aliphatic carbocycles. The number of nitrogens with one attached hydrogen (secondary N) is 1. The molecule has 100 valence electrons. The first-order valence-corrected chi connectivity index (χ1v) is 6.82. The van der Waals surface area contributed by atoms with Crippen LogP contribution < -0.4 is 11.3 Å². The molecule has 1 aromatic rings. The van der Waals surface area contributed by atoms with Crippen molar-refractivity contribution in [3.63, 3.8) is 0 Å².